The summed E-state index contributed by atoms with van der Waals surface area (Å²) in [7, 11) is 0. The van der Waals surface area contributed by atoms with Gasteiger partial charge in [-0.25, -0.2) is 4.39 Å². The topological polar surface area (TPSA) is 40.1 Å². The largest absolute Gasteiger partial charge is 1.00 e. The third-order valence-electron chi connectivity index (χ3n) is 1.16. The Labute approximate surface area is 108 Å². The molecule has 66 valence electrons. The molecule has 0 saturated heterocycles. The third-order valence-corrected chi connectivity index (χ3v) is 1.46. The number of carbonyl (C=O) groups is 1. The molecule has 13 heavy (non-hydrogen) atoms. The number of carbonyl (C=O) groups excluding carboxylic acids is 1. The van der Waals surface area contributed by atoms with E-state index in [1.807, 2.05) is 0 Å². The van der Waals surface area contributed by atoms with Crippen LogP contribution < -0.4 is 34.7 Å². The monoisotopic (exact) mass is 232 g/mol. The van der Waals surface area contributed by atoms with E-state index < -0.39 is 11.8 Å². The van der Waals surface area contributed by atoms with Crippen LogP contribution in [0.1, 0.15) is 10.4 Å². The first-order valence-corrected chi connectivity index (χ1v) is 3.15. The van der Waals surface area contributed by atoms with Gasteiger partial charge in [-0.1, -0.05) is 17.7 Å². The smallest absolute Gasteiger partial charge is 0.545 e. The van der Waals surface area contributed by atoms with Crippen molar-refractivity contribution in [3.8, 4) is 0 Å². The van der Waals surface area contributed by atoms with Gasteiger partial charge >= 0.3 is 29.6 Å². The second-order valence-corrected chi connectivity index (χ2v) is 2.32. The van der Waals surface area contributed by atoms with Gasteiger partial charge in [-0.3, -0.25) is 0 Å². The summed E-state index contributed by atoms with van der Waals surface area (Å²) in [6.07, 6.45) is 0. The Morgan fingerprint density at radius 2 is 2.00 bits per heavy atom. The van der Waals surface area contributed by atoms with E-state index in [1.165, 1.54) is 12.1 Å². The fraction of sp³-hybridized carbons (Fsp3) is 0. The molecule has 0 radical (unpaired) electrons. The maximum Gasteiger partial charge on any atom is 1.00 e. The van der Waals surface area contributed by atoms with Crippen molar-refractivity contribution < 1.29 is 43.8 Å². The number of aromatic carboxylic acids is 1. The van der Waals surface area contributed by atoms with Gasteiger partial charge in [0.15, 0.2) is 0 Å². The molecule has 0 spiro atoms. The summed E-state index contributed by atoms with van der Waals surface area (Å²) >= 11 is 5.30. The van der Waals surface area contributed by atoms with Crippen molar-refractivity contribution in [3.63, 3.8) is 0 Å². The van der Waals surface area contributed by atoms with E-state index in [-0.39, 0.29) is 52.6 Å². The summed E-state index contributed by atoms with van der Waals surface area (Å²) in [5, 5.41) is 10.0. The SMILES string of the molecule is Cl.O=C([O-])c1ccc(Cl)c(F)c1.[Na+]. The van der Waals surface area contributed by atoms with Crippen molar-refractivity contribution in [2.24, 2.45) is 0 Å². The van der Waals surface area contributed by atoms with Crippen molar-refractivity contribution in [1.29, 1.82) is 0 Å². The zero-order chi connectivity index (χ0) is 8.43. The summed E-state index contributed by atoms with van der Waals surface area (Å²) in [6, 6.07) is 3.17. The molecule has 2 nitrogen and oxygen atoms in total. The van der Waals surface area contributed by atoms with E-state index in [0.717, 1.165) is 6.07 Å². The van der Waals surface area contributed by atoms with Crippen LogP contribution >= 0.6 is 24.0 Å². The van der Waals surface area contributed by atoms with Gasteiger partial charge in [0.05, 0.1) is 11.0 Å². The van der Waals surface area contributed by atoms with Crippen LogP contribution in [0.25, 0.3) is 0 Å². The average molecular weight is 233 g/mol. The molecule has 0 aliphatic rings. The average Bonchev–Trinajstić information content (AvgIpc) is 1.94. The molecule has 0 aromatic heterocycles. The maximum atomic E-state index is 12.5. The van der Waals surface area contributed by atoms with Crippen LogP contribution in [0, 0.1) is 5.82 Å². The molecule has 0 atom stereocenters. The molecule has 0 N–H and O–H groups in total. The number of halogens is 3. The zero-order valence-electron chi connectivity index (χ0n) is 6.71. The van der Waals surface area contributed by atoms with Crippen molar-refractivity contribution in [3.05, 3.63) is 34.6 Å². The summed E-state index contributed by atoms with van der Waals surface area (Å²) in [6.45, 7) is 0. The summed E-state index contributed by atoms with van der Waals surface area (Å²) in [5.41, 5.74) is -0.216. The predicted molar refractivity (Wildman–Crippen MR) is 43.0 cm³/mol. The first kappa shape index (κ1) is 15.7. The summed E-state index contributed by atoms with van der Waals surface area (Å²) in [4.78, 5) is 10.1. The minimum atomic E-state index is -1.42. The van der Waals surface area contributed by atoms with Crippen molar-refractivity contribution in [2.75, 3.05) is 0 Å². The maximum absolute atomic E-state index is 12.5. The number of carboxylic acids is 1. The van der Waals surface area contributed by atoms with Crippen LogP contribution in [0.4, 0.5) is 4.39 Å². The molecule has 0 unspecified atom stereocenters. The molecule has 0 fully saturated rings. The Morgan fingerprint density at radius 3 is 2.38 bits per heavy atom. The summed E-state index contributed by atoms with van der Waals surface area (Å²) in [5.74, 6) is -2.17. The van der Waals surface area contributed by atoms with Gasteiger partial charge in [-0.15, -0.1) is 12.4 Å². The first-order chi connectivity index (χ1) is 5.11. The van der Waals surface area contributed by atoms with E-state index >= 15 is 0 Å². The van der Waals surface area contributed by atoms with Crippen LogP contribution in [0.3, 0.4) is 0 Å². The van der Waals surface area contributed by atoms with E-state index in [9.17, 15) is 14.3 Å². The van der Waals surface area contributed by atoms with Gasteiger partial charge < -0.3 is 9.90 Å². The molecule has 0 saturated carbocycles. The van der Waals surface area contributed by atoms with E-state index in [4.69, 9.17) is 11.6 Å². The number of hydrogen-bond acceptors (Lipinski definition) is 2. The molecular weight excluding hydrogens is 229 g/mol. The molecule has 0 aliphatic heterocycles. The molecule has 6 heteroatoms. The fourth-order valence-corrected chi connectivity index (χ4v) is 0.741. The minimum Gasteiger partial charge on any atom is -0.545 e. The second kappa shape index (κ2) is 6.62. The van der Waals surface area contributed by atoms with E-state index in [0.29, 0.717) is 0 Å². The van der Waals surface area contributed by atoms with Crippen molar-refractivity contribution in [1.82, 2.24) is 0 Å². The molecule has 0 bridgehead atoms. The van der Waals surface area contributed by atoms with Gasteiger partial charge in [0.2, 0.25) is 0 Å². The Hall–Kier alpha value is 0.200. The van der Waals surface area contributed by atoms with E-state index in [2.05, 4.69) is 0 Å². The second-order valence-electron chi connectivity index (χ2n) is 1.92. The quantitative estimate of drug-likeness (QED) is 0.540. The van der Waals surface area contributed by atoms with Gasteiger partial charge in [-0.05, 0) is 12.1 Å². The fourth-order valence-electron chi connectivity index (χ4n) is 0.623. The van der Waals surface area contributed by atoms with Crippen LogP contribution in [-0.4, -0.2) is 5.97 Å². The van der Waals surface area contributed by atoms with Crippen LogP contribution in [-0.2, 0) is 0 Å². The van der Waals surface area contributed by atoms with Crippen LogP contribution in [0.5, 0.6) is 0 Å². The van der Waals surface area contributed by atoms with Gasteiger partial charge in [-0.2, -0.15) is 0 Å². The molecule has 0 aliphatic carbocycles. The molecule has 1 aromatic carbocycles. The summed E-state index contributed by atoms with van der Waals surface area (Å²) < 4.78 is 12.5. The zero-order valence-corrected chi connectivity index (χ0v) is 10.3. The predicted octanol–water partition coefficient (Wildman–Crippen LogP) is -1.73. The molecule has 1 aromatic rings. The Balaban J connectivity index is 0. The normalized spacial score (nSPS) is 8.15. The van der Waals surface area contributed by atoms with Gasteiger partial charge in [0.1, 0.15) is 5.82 Å². The molecule has 1 rings (SSSR count). The number of hydrogen-bond donors (Lipinski definition) is 0. The Morgan fingerprint density at radius 1 is 1.46 bits per heavy atom. The van der Waals surface area contributed by atoms with Crippen LogP contribution in [0.2, 0.25) is 5.02 Å². The minimum absolute atomic E-state index is 0. The van der Waals surface area contributed by atoms with Crippen molar-refractivity contribution in [2.45, 2.75) is 0 Å². The Kier molecular flexibility index (Phi) is 7.98. The van der Waals surface area contributed by atoms with E-state index in [1.54, 1.807) is 0 Å². The van der Waals surface area contributed by atoms with Gasteiger partial charge in [0, 0.05) is 5.56 Å². The molecule has 0 heterocycles. The van der Waals surface area contributed by atoms with Gasteiger partial charge in [0.25, 0.3) is 0 Å². The standard InChI is InChI=1S/C7H4ClFO2.ClH.Na/c8-5-2-1-4(7(10)11)3-6(5)9;;/h1-3H,(H,10,11);1H;/q;;+1/p-1. The van der Waals surface area contributed by atoms with Crippen molar-refractivity contribution >= 4 is 30.0 Å². The third kappa shape index (κ3) is 4.29. The molecule has 0 amide bonds. The Bertz CT molecular complexity index is 307. The number of carboxylic acid groups (broad SMARTS) is 1. The first-order valence-electron chi connectivity index (χ1n) is 2.77. The molecular formula is C7H4Cl2FNaO2. The number of rotatable bonds is 1. The number of benzene rings is 1. The van der Waals surface area contributed by atoms with Crippen LogP contribution in [0.15, 0.2) is 18.2 Å².